The van der Waals surface area contributed by atoms with Gasteiger partial charge < -0.3 is 10.6 Å². The van der Waals surface area contributed by atoms with Crippen LogP contribution in [0.3, 0.4) is 0 Å². The van der Waals surface area contributed by atoms with Crippen LogP contribution in [0.25, 0.3) is 11.3 Å². The smallest absolute Gasteiger partial charge is 0.225 e. The topological polar surface area (TPSA) is 62.7 Å². The average Bonchev–Trinajstić information content (AvgIpc) is 2.57. The molecule has 122 valence electrons. The van der Waals surface area contributed by atoms with Gasteiger partial charge in [-0.15, -0.1) is 0 Å². The summed E-state index contributed by atoms with van der Waals surface area (Å²) in [6, 6.07) is 14.3. The second-order valence-electron chi connectivity index (χ2n) is 5.99. The van der Waals surface area contributed by atoms with E-state index in [2.05, 4.69) is 58.5 Å². The quantitative estimate of drug-likeness (QED) is 0.729. The molecule has 0 spiro atoms. The SMILES string of the molecule is Cc1ccc(Nc2cc(-c3cccnc3)nc(NC(C)C)n2)cc1. The fourth-order valence-corrected chi connectivity index (χ4v) is 2.28. The van der Waals surface area contributed by atoms with Gasteiger partial charge in [0.25, 0.3) is 0 Å². The Balaban J connectivity index is 1.96. The summed E-state index contributed by atoms with van der Waals surface area (Å²) in [5.74, 6) is 1.34. The van der Waals surface area contributed by atoms with Crippen molar-refractivity contribution >= 4 is 17.5 Å². The molecule has 5 nitrogen and oxygen atoms in total. The Morgan fingerprint density at radius 2 is 1.79 bits per heavy atom. The molecule has 0 saturated heterocycles. The van der Waals surface area contributed by atoms with Crippen LogP contribution in [0, 0.1) is 6.92 Å². The van der Waals surface area contributed by atoms with Gasteiger partial charge in [-0.05, 0) is 45.0 Å². The van der Waals surface area contributed by atoms with Crippen LogP contribution >= 0.6 is 0 Å². The number of aryl methyl sites for hydroxylation is 1. The Morgan fingerprint density at radius 1 is 1.00 bits per heavy atom. The molecule has 3 rings (SSSR count). The van der Waals surface area contributed by atoms with Crippen molar-refractivity contribution < 1.29 is 0 Å². The molecule has 0 bridgehead atoms. The van der Waals surface area contributed by atoms with Gasteiger partial charge in [-0.1, -0.05) is 17.7 Å². The van der Waals surface area contributed by atoms with Gasteiger partial charge in [0, 0.05) is 35.8 Å². The zero-order valence-corrected chi connectivity index (χ0v) is 14.1. The summed E-state index contributed by atoms with van der Waals surface area (Å²) in [4.78, 5) is 13.3. The number of aromatic nitrogens is 3. The minimum atomic E-state index is 0.251. The molecule has 2 heterocycles. The molecular weight excluding hydrogens is 298 g/mol. The highest BCUT2D eigenvalue weighted by Gasteiger charge is 2.08. The number of nitrogens with one attached hydrogen (secondary N) is 2. The van der Waals surface area contributed by atoms with Crippen molar-refractivity contribution in [1.29, 1.82) is 0 Å². The molecule has 3 aromatic rings. The summed E-state index contributed by atoms with van der Waals surface area (Å²) in [6.45, 7) is 6.19. The fraction of sp³-hybridized carbons (Fsp3) is 0.211. The molecule has 0 aliphatic heterocycles. The monoisotopic (exact) mass is 319 g/mol. The van der Waals surface area contributed by atoms with Crippen LogP contribution < -0.4 is 10.6 Å². The molecule has 24 heavy (non-hydrogen) atoms. The Bertz CT molecular complexity index is 798. The maximum atomic E-state index is 4.60. The molecule has 0 fully saturated rings. The molecule has 0 aliphatic rings. The number of hydrogen-bond acceptors (Lipinski definition) is 5. The lowest BCUT2D eigenvalue weighted by atomic mass is 10.2. The lowest BCUT2D eigenvalue weighted by Crippen LogP contribution is -2.13. The van der Waals surface area contributed by atoms with Gasteiger partial charge in [0.1, 0.15) is 5.82 Å². The summed E-state index contributed by atoms with van der Waals surface area (Å²) >= 11 is 0. The van der Waals surface area contributed by atoms with E-state index in [-0.39, 0.29) is 6.04 Å². The molecule has 0 atom stereocenters. The highest BCUT2D eigenvalue weighted by Crippen LogP contribution is 2.23. The minimum Gasteiger partial charge on any atom is -0.352 e. The van der Waals surface area contributed by atoms with Crippen molar-refractivity contribution in [3.05, 3.63) is 60.4 Å². The van der Waals surface area contributed by atoms with E-state index in [1.807, 2.05) is 30.3 Å². The van der Waals surface area contributed by atoms with Gasteiger partial charge in [0.05, 0.1) is 5.69 Å². The van der Waals surface area contributed by atoms with Gasteiger partial charge in [0.2, 0.25) is 5.95 Å². The average molecular weight is 319 g/mol. The predicted octanol–water partition coefficient (Wildman–Crippen LogP) is 4.41. The van der Waals surface area contributed by atoms with Crippen molar-refractivity contribution in [2.24, 2.45) is 0 Å². The molecule has 0 saturated carbocycles. The maximum Gasteiger partial charge on any atom is 0.225 e. The van der Waals surface area contributed by atoms with Gasteiger partial charge in [-0.2, -0.15) is 4.98 Å². The van der Waals surface area contributed by atoms with E-state index < -0.39 is 0 Å². The number of pyridine rings is 1. The lowest BCUT2D eigenvalue weighted by Gasteiger charge is -2.13. The molecule has 1 aromatic carbocycles. The third-order valence-corrected chi connectivity index (χ3v) is 3.43. The van der Waals surface area contributed by atoms with Gasteiger partial charge >= 0.3 is 0 Å². The van der Waals surface area contributed by atoms with E-state index in [9.17, 15) is 0 Å². The van der Waals surface area contributed by atoms with Crippen LogP contribution in [0.5, 0.6) is 0 Å². The summed E-state index contributed by atoms with van der Waals surface area (Å²) in [6.07, 6.45) is 3.56. The first kappa shape index (κ1) is 15.9. The Hall–Kier alpha value is -2.95. The number of rotatable bonds is 5. The summed E-state index contributed by atoms with van der Waals surface area (Å²) < 4.78 is 0. The molecule has 2 N–H and O–H groups in total. The highest BCUT2D eigenvalue weighted by molar-refractivity contribution is 5.66. The van der Waals surface area contributed by atoms with Gasteiger partial charge in [-0.3, -0.25) is 4.98 Å². The van der Waals surface area contributed by atoms with E-state index in [0.717, 1.165) is 22.8 Å². The van der Waals surface area contributed by atoms with Crippen LogP contribution in [-0.2, 0) is 0 Å². The first-order chi connectivity index (χ1) is 11.6. The second kappa shape index (κ2) is 7.08. The first-order valence-corrected chi connectivity index (χ1v) is 8.00. The number of hydrogen-bond donors (Lipinski definition) is 2. The van der Waals surface area contributed by atoms with Crippen molar-refractivity contribution in [3.63, 3.8) is 0 Å². The lowest BCUT2D eigenvalue weighted by molar-refractivity contribution is 0.876. The van der Waals surface area contributed by atoms with Crippen molar-refractivity contribution in [1.82, 2.24) is 15.0 Å². The largest absolute Gasteiger partial charge is 0.352 e. The van der Waals surface area contributed by atoms with Crippen LogP contribution in [-0.4, -0.2) is 21.0 Å². The van der Waals surface area contributed by atoms with Crippen LogP contribution in [0.4, 0.5) is 17.5 Å². The molecule has 0 aliphatic carbocycles. The normalized spacial score (nSPS) is 10.7. The van der Waals surface area contributed by atoms with E-state index in [1.54, 1.807) is 12.4 Å². The second-order valence-corrected chi connectivity index (χ2v) is 5.99. The molecule has 0 unspecified atom stereocenters. The third-order valence-electron chi connectivity index (χ3n) is 3.43. The standard InChI is InChI=1S/C19H21N5/c1-13(2)21-19-23-17(15-5-4-10-20-12-15)11-18(24-19)22-16-8-6-14(3)7-9-16/h4-13H,1-3H3,(H2,21,22,23,24). The zero-order chi connectivity index (χ0) is 16.9. The third kappa shape index (κ3) is 4.07. The first-order valence-electron chi connectivity index (χ1n) is 8.00. The number of anilines is 3. The molecule has 0 amide bonds. The van der Waals surface area contributed by atoms with Crippen molar-refractivity contribution in [3.8, 4) is 11.3 Å². The molecule has 5 heteroatoms. The maximum absolute atomic E-state index is 4.60. The number of nitrogens with zero attached hydrogens (tertiary/aromatic N) is 3. The van der Waals surface area contributed by atoms with E-state index in [0.29, 0.717) is 5.95 Å². The van der Waals surface area contributed by atoms with E-state index in [1.165, 1.54) is 5.56 Å². The summed E-state index contributed by atoms with van der Waals surface area (Å²) in [5, 5.41) is 6.61. The van der Waals surface area contributed by atoms with Crippen molar-refractivity contribution in [2.45, 2.75) is 26.8 Å². The summed E-state index contributed by atoms with van der Waals surface area (Å²) in [5.41, 5.74) is 4.00. The Labute approximate surface area is 142 Å². The van der Waals surface area contributed by atoms with Crippen LogP contribution in [0.15, 0.2) is 54.9 Å². The van der Waals surface area contributed by atoms with Gasteiger partial charge in [-0.25, -0.2) is 4.98 Å². The number of benzene rings is 1. The Kier molecular flexibility index (Phi) is 4.70. The fourth-order valence-electron chi connectivity index (χ4n) is 2.28. The summed E-state index contributed by atoms with van der Waals surface area (Å²) in [7, 11) is 0. The molecule has 2 aromatic heterocycles. The predicted molar refractivity (Wildman–Crippen MR) is 98.5 cm³/mol. The van der Waals surface area contributed by atoms with Crippen molar-refractivity contribution in [2.75, 3.05) is 10.6 Å². The molecule has 0 radical (unpaired) electrons. The minimum absolute atomic E-state index is 0.251. The van der Waals surface area contributed by atoms with Gasteiger partial charge in [0.15, 0.2) is 0 Å². The molecular formula is C19H21N5. The van der Waals surface area contributed by atoms with Crippen LogP contribution in [0.2, 0.25) is 0 Å². The van der Waals surface area contributed by atoms with E-state index in [4.69, 9.17) is 0 Å². The van der Waals surface area contributed by atoms with E-state index >= 15 is 0 Å². The highest BCUT2D eigenvalue weighted by atomic mass is 15.2. The van der Waals surface area contributed by atoms with Crippen LogP contribution in [0.1, 0.15) is 19.4 Å². The Morgan fingerprint density at radius 3 is 2.46 bits per heavy atom. The zero-order valence-electron chi connectivity index (χ0n) is 14.1.